The Bertz CT molecular complexity index is 829. The van der Waals surface area contributed by atoms with Gasteiger partial charge in [-0.1, -0.05) is 18.2 Å². The lowest BCUT2D eigenvalue weighted by Gasteiger charge is -2.19. The van der Waals surface area contributed by atoms with E-state index >= 15 is 0 Å². The number of aliphatic hydroxyl groups excluding tert-OH is 1. The first-order valence-electron chi connectivity index (χ1n) is 9.04. The Morgan fingerprint density at radius 2 is 1.68 bits per heavy atom. The van der Waals surface area contributed by atoms with E-state index in [-0.39, 0.29) is 18.1 Å². The summed E-state index contributed by atoms with van der Waals surface area (Å²) in [6.07, 6.45) is 0. The average molecular weight is 384 g/mol. The predicted octanol–water partition coefficient (Wildman–Crippen LogP) is 2.46. The minimum absolute atomic E-state index is 0.112. The fraction of sp³-hybridized carbons (Fsp3) is 0.286. The number of nitrogens with zero attached hydrogens (tertiary/aromatic N) is 1. The Labute approximate surface area is 163 Å². The molecule has 2 rings (SSSR count). The number of anilines is 1. The Balaban J connectivity index is 1.93. The van der Waals surface area contributed by atoms with Crippen LogP contribution in [0.5, 0.6) is 0 Å². The molecule has 7 heteroatoms. The maximum Gasteiger partial charge on any atom is 0.338 e. The largest absolute Gasteiger partial charge is 0.452 e. The second-order valence-corrected chi connectivity index (χ2v) is 6.04. The topological polar surface area (TPSA) is 95.9 Å². The van der Waals surface area contributed by atoms with Crippen LogP contribution < -0.4 is 5.32 Å². The molecule has 0 fully saturated rings. The summed E-state index contributed by atoms with van der Waals surface area (Å²) < 4.78 is 5.00. The van der Waals surface area contributed by atoms with Crippen LogP contribution >= 0.6 is 0 Å². The van der Waals surface area contributed by atoms with E-state index in [0.29, 0.717) is 29.9 Å². The molecule has 2 N–H and O–H groups in total. The zero-order valence-electron chi connectivity index (χ0n) is 16.0. The molecule has 28 heavy (non-hydrogen) atoms. The number of rotatable bonds is 8. The molecule has 0 aromatic heterocycles. The molecule has 2 aromatic carbocycles. The van der Waals surface area contributed by atoms with Crippen molar-refractivity contribution in [1.29, 1.82) is 0 Å². The third kappa shape index (κ3) is 5.65. The highest BCUT2D eigenvalue weighted by Crippen LogP contribution is 2.13. The van der Waals surface area contributed by atoms with E-state index in [0.717, 1.165) is 0 Å². The summed E-state index contributed by atoms with van der Waals surface area (Å²) in [4.78, 5) is 38.1. The standard InChI is InChI=1S/C21H24N2O5/c1-3-23(4-2)20(26)17-6-5-7-18(12-17)22-19(25)14-28-21(27)16-10-8-15(13-24)9-11-16/h5-12,24H,3-4,13-14H2,1-2H3,(H,22,25). The molecule has 0 aliphatic rings. The van der Waals surface area contributed by atoms with Gasteiger partial charge in [-0.2, -0.15) is 0 Å². The summed E-state index contributed by atoms with van der Waals surface area (Å²) in [5.41, 5.74) is 1.89. The van der Waals surface area contributed by atoms with Crippen LogP contribution in [0, 0.1) is 0 Å². The molecule has 0 unspecified atom stereocenters. The van der Waals surface area contributed by atoms with Crippen molar-refractivity contribution in [3.05, 3.63) is 65.2 Å². The molecule has 2 aromatic rings. The number of aliphatic hydroxyl groups is 1. The molecule has 0 bridgehead atoms. The molecule has 148 valence electrons. The van der Waals surface area contributed by atoms with E-state index in [1.165, 1.54) is 12.1 Å². The third-order valence-corrected chi connectivity index (χ3v) is 4.15. The van der Waals surface area contributed by atoms with E-state index < -0.39 is 18.5 Å². The van der Waals surface area contributed by atoms with Gasteiger partial charge in [0.15, 0.2) is 6.61 Å². The number of hydrogen-bond donors (Lipinski definition) is 2. The fourth-order valence-corrected chi connectivity index (χ4v) is 2.58. The SMILES string of the molecule is CCN(CC)C(=O)c1cccc(NC(=O)COC(=O)c2ccc(CO)cc2)c1. The first-order valence-corrected chi connectivity index (χ1v) is 9.04. The van der Waals surface area contributed by atoms with E-state index in [2.05, 4.69) is 5.32 Å². The summed E-state index contributed by atoms with van der Waals surface area (Å²) in [5.74, 6) is -1.25. The van der Waals surface area contributed by atoms with Crippen molar-refractivity contribution in [1.82, 2.24) is 4.90 Å². The van der Waals surface area contributed by atoms with Crippen LogP contribution in [0.15, 0.2) is 48.5 Å². The van der Waals surface area contributed by atoms with Crippen LogP contribution in [0.1, 0.15) is 40.1 Å². The van der Waals surface area contributed by atoms with E-state index in [9.17, 15) is 14.4 Å². The van der Waals surface area contributed by atoms with Crippen molar-refractivity contribution in [2.45, 2.75) is 20.5 Å². The summed E-state index contributed by atoms with van der Waals surface area (Å²) >= 11 is 0. The smallest absolute Gasteiger partial charge is 0.338 e. The molecule has 2 amide bonds. The van der Waals surface area contributed by atoms with Crippen molar-refractivity contribution in [3.63, 3.8) is 0 Å². The van der Waals surface area contributed by atoms with Crippen LogP contribution in [0.25, 0.3) is 0 Å². The minimum Gasteiger partial charge on any atom is -0.452 e. The number of ether oxygens (including phenoxy) is 1. The fourth-order valence-electron chi connectivity index (χ4n) is 2.58. The lowest BCUT2D eigenvalue weighted by molar-refractivity contribution is -0.119. The van der Waals surface area contributed by atoms with E-state index in [4.69, 9.17) is 9.84 Å². The Kier molecular flexibility index (Phi) is 7.71. The second kappa shape index (κ2) is 10.2. The van der Waals surface area contributed by atoms with Gasteiger partial charge in [-0.15, -0.1) is 0 Å². The van der Waals surface area contributed by atoms with Gasteiger partial charge in [-0.3, -0.25) is 9.59 Å². The van der Waals surface area contributed by atoms with Crippen LogP contribution in [0.2, 0.25) is 0 Å². The number of nitrogens with one attached hydrogen (secondary N) is 1. The summed E-state index contributed by atoms with van der Waals surface area (Å²) in [7, 11) is 0. The van der Waals surface area contributed by atoms with Crippen molar-refractivity contribution in [3.8, 4) is 0 Å². The van der Waals surface area contributed by atoms with Crippen LogP contribution in [0.3, 0.4) is 0 Å². The molecular formula is C21H24N2O5. The molecule has 0 saturated carbocycles. The molecule has 0 saturated heterocycles. The molecule has 7 nitrogen and oxygen atoms in total. The van der Waals surface area contributed by atoms with Crippen molar-refractivity contribution in [2.24, 2.45) is 0 Å². The van der Waals surface area contributed by atoms with Gasteiger partial charge in [0.2, 0.25) is 0 Å². The monoisotopic (exact) mass is 384 g/mol. The number of amides is 2. The molecule has 0 aliphatic heterocycles. The van der Waals surface area contributed by atoms with Gasteiger partial charge < -0.3 is 20.1 Å². The first-order chi connectivity index (χ1) is 13.5. The quantitative estimate of drug-likeness (QED) is 0.682. The normalized spacial score (nSPS) is 10.2. The van der Waals surface area contributed by atoms with Gasteiger partial charge in [-0.25, -0.2) is 4.79 Å². The highest BCUT2D eigenvalue weighted by atomic mass is 16.5. The number of benzene rings is 2. The zero-order chi connectivity index (χ0) is 20.5. The molecule has 0 atom stereocenters. The number of hydrogen-bond acceptors (Lipinski definition) is 5. The summed E-state index contributed by atoms with van der Waals surface area (Å²) in [5, 5.41) is 11.6. The molecule has 0 radical (unpaired) electrons. The van der Waals surface area contributed by atoms with E-state index in [1.54, 1.807) is 41.3 Å². The molecule has 0 spiro atoms. The Morgan fingerprint density at radius 3 is 2.29 bits per heavy atom. The molecule has 0 aliphatic carbocycles. The van der Waals surface area contributed by atoms with Gasteiger partial charge in [0.05, 0.1) is 12.2 Å². The van der Waals surface area contributed by atoms with Crippen molar-refractivity contribution >= 4 is 23.5 Å². The van der Waals surface area contributed by atoms with E-state index in [1.807, 2.05) is 13.8 Å². The highest BCUT2D eigenvalue weighted by Gasteiger charge is 2.14. The van der Waals surface area contributed by atoms with Gasteiger partial charge in [0.25, 0.3) is 11.8 Å². The number of carbonyl (C=O) groups excluding carboxylic acids is 3. The first kappa shape index (κ1) is 21.1. The van der Waals surface area contributed by atoms with Crippen molar-refractivity contribution < 1.29 is 24.2 Å². The number of esters is 1. The van der Waals surface area contributed by atoms with Gasteiger partial charge in [0, 0.05) is 24.3 Å². The lowest BCUT2D eigenvalue weighted by atomic mass is 10.1. The average Bonchev–Trinajstić information content (AvgIpc) is 2.73. The summed E-state index contributed by atoms with van der Waals surface area (Å²) in [6, 6.07) is 12.9. The summed E-state index contributed by atoms with van der Waals surface area (Å²) in [6.45, 7) is 4.43. The van der Waals surface area contributed by atoms with Gasteiger partial charge in [-0.05, 0) is 49.7 Å². The zero-order valence-corrected chi connectivity index (χ0v) is 16.0. The lowest BCUT2D eigenvalue weighted by Crippen LogP contribution is -2.30. The second-order valence-electron chi connectivity index (χ2n) is 6.04. The predicted molar refractivity (Wildman–Crippen MR) is 105 cm³/mol. The Morgan fingerprint density at radius 1 is 1.00 bits per heavy atom. The van der Waals surface area contributed by atoms with Gasteiger partial charge >= 0.3 is 5.97 Å². The molecular weight excluding hydrogens is 360 g/mol. The highest BCUT2D eigenvalue weighted by molar-refractivity contribution is 5.98. The van der Waals surface area contributed by atoms with Crippen molar-refractivity contribution in [2.75, 3.05) is 25.0 Å². The molecule has 0 heterocycles. The third-order valence-electron chi connectivity index (χ3n) is 4.15. The van der Waals surface area contributed by atoms with Gasteiger partial charge in [0.1, 0.15) is 0 Å². The number of carbonyl (C=O) groups is 3. The maximum absolute atomic E-state index is 12.4. The Hall–Kier alpha value is -3.19. The van der Waals surface area contributed by atoms with Crippen LogP contribution in [-0.2, 0) is 16.1 Å². The van der Waals surface area contributed by atoms with Crippen LogP contribution in [0.4, 0.5) is 5.69 Å². The van der Waals surface area contributed by atoms with Crippen LogP contribution in [-0.4, -0.2) is 47.5 Å². The maximum atomic E-state index is 12.4. The minimum atomic E-state index is -0.634.